The van der Waals surface area contributed by atoms with Crippen LogP contribution in [0.2, 0.25) is 0 Å². The van der Waals surface area contributed by atoms with E-state index in [4.69, 9.17) is 4.52 Å². The van der Waals surface area contributed by atoms with Gasteiger partial charge in [0.25, 0.3) is 5.91 Å². The predicted octanol–water partition coefficient (Wildman–Crippen LogP) is 2.85. The number of benzene rings is 1. The molecule has 2 aromatic heterocycles. The molecule has 0 spiro atoms. The minimum atomic E-state index is -0.106. The number of hydrogen-bond acceptors (Lipinski definition) is 6. The Bertz CT molecular complexity index is 892. The summed E-state index contributed by atoms with van der Waals surface area (Å²) >= 11 is 0. The van der Waals surface area contributed by atoms with Crippen molar-refractivity contribution in [2.75, 3.05) is 13.1 Å². The van der Waals surface area contributed by atoms with Crippen molar-refractivity contribution in [3.8, 4) is 11.4 Å². The number of carbonyl (C=O) groups is 1. The fourth-order valence-corrected chi connectivity index (χ4v) is 3.13. The van der Waals surface area contributed by atoms with Gasteiger partial charge < -0.3 is 9.42 Å². The maximum Gasteiger partial charge on any atom is 0.274 e. The quantitative estimate of drug-likeness (QED) is 0.723. The number of carbonyl (C=O) groups excluding carboxylic acids is 1. The van der Waals surface area contributed by atoms with Crippen LogP contribution in [-0.2, 0) is 0 Å². The molecule has 1 atom stereocenters. The van der Waals surface area contributed by atoms with Crippen LogP contribution in [0.5, 0.6) is 0 Å². The molecule has 3 aromatic rings. The highest BCUT2D eigenvalue weighted by molar-refractivity contribution is 5.92. The van der Waals surface area contributed by atoms with E-state index in [1.54, 1.807) is 11.1 Å². The second kappa shape index (κ2) is 7.03. The van der Waals surface area contributed by atoms with E-state index in [1.165, 1.54) is 6.20 Å². The van der Waals surface area contributed by atoms with Crippen LogP contribution in [0.1, 0.15) is 40.8 Å². The third-order valence-electron chi connectivity index (χ3n) is 4.53. The van der Waals surface area contributed by atoms with Crippen molar-refractivity contribution < 1.29 is 9.32 Å². The number of piperidine rings is 1. The zero-order valence-corrected chi connectivity index (χ0v) is 14.5. The maximum absolute atomic E-state index is 12.7. The summed E-state index contributed by atoms with van der Waals surface area (Å²) in [4.78, 5) is 27.3. The van der Waals surface area contributed by atoms with E-state index >= 15 is 0 Å². The highest BCUT2D eigenvalue weighted by atomic mass is 16.5. The number of nitrogens with zero attached hydrogens (tertiary/aromatic N) is 5. The van der Waals surface area contributed by atoms with Gasteiger partial charge in [-0.25, -0.2) is 4.98 Å². The summed E-state index contributed by atoms with van der Waals surface area (Å²) in [6.45, 7) is 3.09. The standard InChI is InChI=1S/C19H19N5O2/c1-13-10-21-16(11-20-13)19(25)24-9-5-8-15(12-24)18-22-17(23-26-18)14-6-3-2-4-7-14/h2-4,6-7,10-11,15H,5,8-9,12H2,1H3/t15-/m1/s1. The van der Waals surface area contributed by atoms with Crippen molar-refractivity contribution >= 4 is 5.91 Å². The molecule has 1 fully saturated rings. The number of likely N-dealkylation sites (tertiary alicyclic amines) is 1. The summed E-state index contributed by atoms with van der Waals surface area (Å²) < 4.78 is 5.48. The first-order valence-electron chi connectivity index (χ1n) is 8.67. The van der Waals surface area contributed by atoms with Gasteiger partial charge in [-0.3, -0.25) is 9.78 Å². The lowest BCUT2D eigenvalue weighted by molar-refractivity contribution is 0.0689. The molecule has 132 valence electrons. The second-order valence-corrected chi connectivity index (χ2v) is 6.46. The summed E-state index contributed by atoms with van der Waals surface area (Å²) in [5, 5.41) is 4.09. The highest BCUT2D eigenvalue weighted by Gasteiger charge is 2.29. The van der Waals surface area contributed by atoms with Crippen LogP contribution in [0, 0.1) is 6.92 Å². The molecule has 0 saturated carbocycles. The fraction of sp³-hybridized carbons (Fsp3) is 0.316. The van der Waals surface area contributed by atoms with Gasteiger partial charge in [-0.15, -0.1) is 0 Å². The molecule has 26 heavy (non-hydrogen) atoms. The van der Waals surface area contributed by atoms with Crippen LogP contribution in [-0.4, -0.2) is 44.0 Å². The molecule has 1 saturated heterocycles. The molecule has 0 bridgehead atoms. The molecule has 0 aliphatic carbocycles. The molecule has 0 N–H and O–H groups in total. The number of amides is 1. The first-order chi connectivity index (χ1) is 12.7. The third kappa shape index (κ3) is 3.33. The summed E-state index contributed by atoms with van der Waals surface area (Å²) in [5.74, 6) is 1.09. The Balaban J connectivity index is 1.49. The SMILES string of the molecule is Cc1cnc(C(=O)N2CCC[C@@H](c3nc(-c4ccccc4)no3)C2)cn1. The molecule has 1 aromatic carbocycles. The van der Waals surface area contributed by atoms with E-state index in [9.17, 15) is 4.79 Å². The summed E-state index contributed by atoms with van der Waals surface area (Å²) in [6.07, 6.45) is 4.94. The van der Waals surface area contributed by atoms with Gasteiger partial charge in [0.2, 0.25) is 11.7 Å². The Morgan fingerprint density at radius 1 is 1.19 bits per heavy atom. The van der Waals surface area contributed by atoms with Gasteiger partial charge >= 0.3 is 0 Å². The maximum atomic E-state index is 12.7. The average molecular weight is 349 g/mol. The molecule has 3 heterocycles. The van der Waals surface area contributed by atoms with E-state index < -0.39 is 0 Å². The Hall–Kier alpha value is -3.09. The number of aromatic nitrogens is 4. The van der Waals surface area contributed by atoms with Crippen molar-refractivity contribution in [3.63, 3.8) is 0 Å². The van der Waals surface area contributed by atoms with Gasteiger partial charge in [-0.1, -0.05) is 35.5 Å². The molecule has 0 unspecified atom stereocenters. The molecule has 4 rings (SSSR count). The van der Waals surface area contributed by atoms with Gasteiger partial charge in [-0.2, -0.15) is 4.98 Å². The summed E-state index contributed by atoms with van der Waals surface area (Å²) in [7, 11) is 0. The monoisotopic (exact) mass is 349 g/mol. The zero-order valence-electron chi connectivity index (χ0n) is 14.5. The molecule has 1 amide bonds. The van der Waals surface area contributed by atoms with Crippen molar-refractivity contribution in [3.05, 3.63) is 60.0 Å². The smallest absolute Gasteiger partial charge is 0.274 e. The van der Waals surface area contributed by atoms with Crippen molar-refractivity contribution in [2.24, 2.45) is 0 Å². The number of hydrogen-bond donors (Lipinski definition) is 0. The van der Waals surface area contributed by atoms with E-state index in [1.807, 2.05) is 37.3 Å². The largest absolute Gasteiger partial charge is 0.339 e. The zero-order chi connectivity index (χ0) is 17.9. The molecule has 1 aliphatic heterocycles. The average Bonchev–Trinajstić information content (AvgIpc) is 3.19. The third-order valence-corrected chi connectivity index (χ3v) is 4.53. The van der Waals surface area contributed by atoms with Gasteiger partial charge in [0.15, 0.2) is 0 Å². The van der Waals surface area contributed by atoms with Crippen molar-refractivity contribution in [2.45, 2.75) is 25.7 Å². The van der Waals surface area contributed by atoms with Crippen LogP contribution >= 0.6 is 0 Å². The Morgan fingerprint density at radius 3 is 2.81 bits per heavy atom. The first-order valence-corrected chi connectivity index (χ1v) is 8.67. The molecular formula is C19H19N5O2. The first kappa shape index (κ1) is 16.4. The molecular weight excluding hydrogens is 330 g/mol. The Kier molecular flexibility index (Phi) is 4.43. The molecule has 0 radical (unpaired) electrons. The topological polar surface area (TPSA) is 85.0 Å². The van der Waals surface area contributed by atoms with Gasteiger partial charge in [0, 0.05) is 24.8 Å². The van der Waals surface area contributed by atoms with Crippen LogP contribution in [0.3, 0.4) is 0 Å². The van der Waals surface area contributed by atoms with E-state index in [0.29, 0.717) is 30.5 Å². The number of rotatable bonds is 3. The molecule has 7 nitrogen and oxygen atoms in total. The minimum Gasteiger partial charge on any atom is -0.339 e. The van der Waals surface area contributed by atoms with Crippen LogP contribution in [0.15, 0.2) is 47.2 Å². The normalized spacial score (nSPS) is 17.3. The van der Waals surface area contributed by atoms with Gasteiger partial charge in [0.1, 0.15) is 5.69 Å². The highest BCUT2D eigenvalue weighted by Crippen LogP contribution is 2.28. The van der Waals surface area contributed by atoms with E-state index in [2.05, 4.69) is 20.1 Å². The molecule has 7 heteroatoms. The minimum absolute atomic E-state index is 0.0380. The van der Waals surface area contributed by atoms with E-state index in [0.717, 1.165) is 24.1 Å². The molecule has 1 aliphatic rings. The predicted molar refractivity (Wildman–Crippen MR) is 94.4 cm³/mol. The summed E-state index contributed by atoms with van der Waals surface area (Å²) in [5.41, 5.74) is 2.07. The lowest BCUT2D eigenvalue weighted by atomic mass is 9.97. The Labute approximate surface area is 151 Å². The number of aryl methyl sites for hydroxylation is 1. The van der Waals surface area contributed by atoms with Crippen LogP contribution in [0.4, 0.5) is 0 Å². The second-order valence-electron chi connectivity index (χ2n) is 6.46. The lowest BCUT2D eigenvalue weighted by Gasteiger charge is -2.30. The summed E-state index contributed by atoms with van der Waals surface area (Å²) in [6, 6.07) is 9.72. The van der Waals surface area contributed by atoms with E-state index in [-0.39, 0.29) is 11.8 Å². The van der Waals surface area contributed by atoms with Crippen LogP contribution in [0.25, 0.3) is 11.4 Å². The Morgan fingerprint density at radius 2 is 2.04 bits per heavy atom. The van der Waals surface area contributed by atoms with Gasteiger partial charge in [0.05, 0.1) is 17.8 Å². The van der Waals surface area contributed by atoms with Crippen molar-refractivity contribution in [1.82, 2.24) is 25.0 Å². The lowest BCUT2D eigenvalue weighted by Crippen LogP contribution is -2.39. The van der Waals surface area contributed by atoms with Crippen LogP contribution < -0.4 is 0 Å². The van der Waals surface area contributed by atoms with Gasteiger partial charge in [-0.05, 0) is 19.8 Å². The fourth-order valence-electron chi connectivity index (χ4n) is 3.13. The van der Waals surface area contributed by atoms with Crippen molar-refractivity contribution in [1.29, 1.82) is 0 Å².